The van der Waals surface area contributed by atoms with E-state index >= 15 is 0 Å². The highest BCUT2D eigenvalue weighted by Gasteiger charge is 2.22. The van der Waals surface area contributed by atoms with E-state index in [4.69, 9.17) is 4.74 Å². The number of hydrogen-bond donors (Lipinski definition) is 0. The van der Waals surface area contributed by atoms with E-state index in [2.05, 4.69) is 31.2 Å². The van der Waals surface area contributed by atoms with Crippen LogP contribution >= 0.6 is 11.8 Å². The van der Waals surface area contributed by atoms with Crippen molar-refractivity contribution in [1.82, 2.24) is 0 Å². The highest BCUT2D eigenvalue weighted by molar-refractivity contribution is 7.99. The Kier molecular flexibility index (Phi) is 3.31. The molecule has 15 heavy (non-hydrogen) atoms. The van der Waals surface area contributed by atoms with Crippen molar-refractivity contribution in [3.63, 3.8) is 0 Å². The third-order valence-electron chi connectivity index (χ3n) is 2.43. The van der Waals surface area contributed by atoms with E-state index in [1.165, 1.54) is 10.5 Å². The number of cyclic esters (lactones) is 1. The molecule has 1 atom stereocenters. The van der Waals surface area contributed by atoms with E-state index in [0.29, 0.717) is 6.42 Å². The van der Waals surface area contributed by atoms with Crippen LogP contribution in [0.1, 0.15) is 18.4 Å². The third-order valence-corrected chi connectivity index (χ3v) is 3.57. The minimum atomic E-state index is -0.0514. The van der Waals surface area contributed by atoms with Gasteiger partial charge in [-0.05, 0) is 25.5 Å². The van der Waals surface area contributed by atoms with Crippen molar-refractivity contribution in [3.8, 4) is 0 Å². The molecule has 2 rings (SSSR count). The molecule has 80 valence electrons. The fourth-order valence-corrected chi connectivity index (χ4v) is 2.47. The van der Waals surface area contributed by atoms with Gasteiger partial charge in [0, 0.05) is 17.1 Å². The molecule has 2 nitrogen and oxygen atoms in total. The lowest BCUT2D eigenvalue weighted by Gasteiger charge is -2.08. The molecule has 1 unspecified atom stereocenters. The molecular formula is C12H14O2S. The van der Waals surface area contributed by atoms with Crippen LogP contribution in [0.5, 0.6) is 0 Å². The van der Waals surface area contributed by atoms with Gasteiger partial charge in [0.1, 0.15) is 6.10 Å². The minimum absolute atomic E-state index is 0.0514. The molecule has 0 amide bonds. The van der Waals surface area contributed by atoms with E-state index in [-0.39, 0.29) is 12.1 Å². The van der Waals surface area contributed by atoms with Gasteiger partial charge in [0.05, 0.1) is 0 Å². The van der Waals surface area contributed by atoms with E-state index in [0.717, 1.165) is 12.2 Å². The Bertz CT molecular complexity index is 345. The predicted octanol–water partition coefficient (Wildman–Crippen LogP) is 2.79. The Labute approximate surface area is 94.0 Å². The van der Waals surface area contributed by atoms with Gasteiger partial charge in [0.25, 0.3) is 0 Å². The molecule has 0 N–H and O–H groups in total. The summed E-state index contributed by atoms with van der Waals surface area (Å²) in [6, 6.07) is 8.42. The number of esters is 1. The highest BCUT2D eigenvalue weighted by atomic mass is 32.2. The molecule has 1 aliphatic heterocycles. The molecule has 1 heterocycles. The summed E-state index contributed by atoms with van der Waals surface area (Å²) in [5.41, 5.74) is 1.27. The van der Waals surface area contributed by atoms with Crippen molar-refractivity contribution < 1.29 is 9.53 Å². The summed E-state index contributed by atoms with van der Waals surface area (Å²) in [6.07, 6.45) is 1.57. The van der Waals surface area contributed by atoms with Crippen LogP contribution in [0.2, 0.25) is 0 Å². The first kappa shape index (κ1) is 10.6. The Balaban J connectivity index is 1.83. The second-order valence-corrected chi connectivity index (χ2v) is 4.87. The molecule has 0 bridgehead atoms. The number of carbonyl (C=O) groups is 1. The monoisotopic (exact) mass is 222 g/mol. The van der Waals surface area contributed by atoms with E-state index in [1.54, 1.807) is 11.8 Å². The summed E-state index contributed by atoms with van der Waals surface area (Å²) in [5.74, 6) is 0.818. The Morgan fingerprint density at radius 1 is 1.40 bits per heavy atom. The molecule has 1 aliphatic rings. The molecule has 1 saturated heterocycles. The van der Waals surface area contributed by atoms with Gasteiger partial charge in [0.2, 0.25) is 0 Å². The highest BCUT2D eigenvalue weighted by Crippen LogP contribution is 2.24. The smallest absolute Gasteiger partial charge is 0.306 e. The van der Waals surface area contributed by atoms with Crippen molar-refractivity contribution in [2.24, 2.45) is 0 Å². The van der Waals surface area contributed by atoms with Gasteiger partial charge in [-0.2, -0.15) is 0 Å². The van der Waals surface area contributed by atoms with Crippen LogP contribution in [-0.2, 0) is 9.53 Å². The van der Waals surface area contributed by atoms with Crippen LogP contribution in [-0.4, -0.2) is 17.8 Å². The summed E-state index contributed by atoms with van der Waals surface area (Å²) in [5, 5.41) is 0. The van der Waals surface area contributed by atoms with E-state index in [1.807, 2.05) is 0 Å². The van der Waals surface area contributed by atoms with Crippen LogP contribution in [0.15, 0.2) is 29.2 Å². The van der Waals surface area contributed by atoms with E-state index in [9.17, 15) is 4.79 Å². The van der Waals surface area contributed by atoms with Gasteiger partial charge in [0.15, 0.2) is 0 Å². The first-order valence-electron chi connectivity index (χ1n) is 5.13. The van der Waals surface area contributed by atoms with Crippen LogP contribution in [0.25, 0.3) is 0 Å². The summed E-state index contributed by atoms with van der Waals surface area (Å²) in [7, 11) is 0. The summed E-state index contributed by atoms with van der Waals surface area (Å²) in [6.45, 7) is 2.08. The summed E-state index contributed by atoms with van der Waals surface area (Å²) >= 11 is 1.75. The molecule has 1 aromatic rings. The number of rotatable bonds is 3. The van der Waals surface area contributed by atoms with Gasteiger partial charge in [-0.3, -0.25) is 4.79 Å². The Morgan fingerprint density at radius 3 is 2.73 bits per heavy atom. The van der Waals surface area contributed by atoms with Crippen molar-refractivity contribution in [2.75, 3.05) is 5.75 Å². The van der Waals surface area contributed by atoms with Gasteiger partial charge in [-0.15, -0.1) is 11.8 Å². The number of carbonyl (C=O) groups excluding carboxylic acids is 1. The van der Waals surface area contributed by atoms with Crippen LogP contribution < -0.4 is 0 Å². The van der Waals surface area contributed by atoms with Gasteiger partial charge in [-0.25, -0.2) is 0 Å². The zero-order valence-electron chi connectivity index (χ0n) is 8.73. The number of ether oxygens (including phenoxy) is 1. The number of aryl methyl sites for hydroxylation is 1. The number of hydrogen-bond acceptors (Lipinski definition) is 3. The molecule has 0 aliphatic carbocycles. The summed E-state index contributed by atoms with van der Waals surface area (Å²) < 4.78 is 5.15. The lowest BCUT2D eigenvalue weighted by atomic mass is 10.2. The van der Waals surface area contributed by atoms with Gasteiger partial charge >= 0.3 is 5.97 Å². The minimum Gasteiger partial charge on any atom is -0.461 e. The third kappa shape index (κ3) is 2.99. The van der Waals surface area contributed by atoms with Crippen LogP contribution in [0, 0.1) is 6.92 Å². The Morgan fingerprint density at radius 2 is 2.13 bits per heavy atom. The number of benzene rings is 1. The quantitative estimate of drug-likeness (QED) is 0.581. The van der Waals surface area contributed by atoms with Crippen LogP contribution in [0.3, 0.4) is 0 Å². The molecular weight excluding hydrogens is 208 g/mol. The maximum absolute atomic E-state index is 10.9. The van der Waals surface area contributed by atoms with Crippen molar-refractivity contribution in [3.05, 3.63) is 29.8 Å². The average molecular weight is 222 g/mol. The zero-order valence-corrected chi connectivity index (χ0v) is 9.55. The van der Waals surface area contributed by atoms with Gasteiger partial charge in [-0.1, -0.05) is 17.7 Å². The standard InChI is InChI=1S/C12H14O2S/c1-9-2-5-11(6-3-9)15-8-10-4-7-12(13)14-10/h2-3,5-6,10H,4,7-8H2,1H3. The number of thioether (sulfide) groups is 1. The molecule has 1 fully saturated rings. The average Bonchev–Trinajstić information content (AvgIpc) is 2.64. The Hall–Kier alpha value is -0.960. The lowest BCUT2D eigenvalue weighted by Crippen LogP contribution is -2.09. The fourth-order valence-electron chi connectivity index (χ4n) is 1.52. The second kappa shape index (κ2) is 4.71. The fraction of sp³-hybridized carbons (Fsp3) is 0.417. The first-order valence-corrected chi connectivity index (χ1v) is 6.11. The maximum Gasteiger partial charge on any atom is 0.306 e. The lowest BCUT2D eigenvalue weighted by molar-refractivity contribution is -0.140. The van der Waals surface area contributed by atoms with Crippen molar-refractivity contribution in [2.45, 2.75) is 30.8 Å². The first-order chi connectivity index (χ1) is 7.24. The molecule has 1 aromatic carbocycles. The molecule has 0 radical (unpaired) electrons. The summed E-state index contributed by atoms with van der Waals surface area (Å²) in [4.78, 5) is 12.1. The van der Waals surface area contributed by atoms with Crippen molar-refractivity contribution in [1.29, 1.82) is 0 Å². The zero-order chi connectivity index (χ0) is 10.7. The van der Waals surface area contributed by atoms with Gasteiger partial charge < -0.3 is 4.74 Å². The second-order valence-electron chi connectivity index (χ2n) is 3.77. The molecule has 0 aromatic heterocycles. The van der Waals surface area contributed by atoms with Crippen molar-refractivity contribution >= 4 is 17.7 Å². The van der Waals surface area contributed by atoms with Crippen LogP contribution in [0.4, 0.5) is 0 Å². The SMILES string of the molecule is Cc1ccc(SCC2CCC(=O)O2)cc1. The maximum atomic E-state index is 10.9. The predicted molar refractivity (Wildman–Crippen MR) is 61.0 cm³/mol. The topological polar surface area (TPSA) is 26.3 Å². The normalized spacial score (nSPS) is 20.3. The molecule has 3 heteroatoms. The van der Waals surface area contributed by atoms with E-state index < -0.39 is 0 Å². The molecule has 0 saturated carbocycles. The largest absolute Gasteiger partial charge is 0.461 e. The molecule has 0 spiro atoms.